The van der Waals surface area contributed by atoms with Crippen LogP contribution in [0.15, 0.2) is 54.1 Å². The highest BCUT2D eigenvalue weighted by molar-refractivity contribution is 6.09. The van der Waals surface area contributed by atoms with Gasteiger partial charge in [0.25, 0.3) is 5.91 Å². The van der Waals surface area contributed by atoms with Gasteiger partial charge in [-0.3, -0.25) is 4.79 Å². The van der Waals surface area contributed by atoms with Crippen LogP contribution in [-0.2, 0) is 4.79 Å². The molecule has 0 aliphatic carbocycles. The molecule has 0 aliphatic rings. The Kier molecular flexibility index (Phi) is 7.45. The Morgan fingerprint density at radius 1 is 1.07 bits per heavy atom. The minimum absolute atomic E-state index is 0.0551. The molecular weight excluding hydrogens is 338 g/mol. The van der Waals surface area contributed by atoms with E-state index < -0.39 is 5.91 Å². The monoisotopic (exact) mass is 363 g/mol. The van der Waals surface area contributed by atoms with Crippen LogP contribution < -0.4 is 15.0 Å². The van der Waals surface area contributed by atoms with Crippen LogP contribution in [0.5, 0.6) is 5.75 Å². The molecule has 0 spiro atoms. The quantitative estimate of drug-likeness (QED) is 0.555. The lowest BCUT2D eigenvalue weighted by molar-refractivity contribution is -0.112. The molecule has 5 nitrogen and oxygen atoms in total. The van der Waals surface area contributed by atoms with E-state index in [0.717, 1.165) is 30.1 Å². The first kappa shape index (κ1) is 20.1. The van der Waals surface area contributed by atoms with Crippen LogP contribution >= 0.6 is 0 Å². The van der Waals surface area contributed by atoms with Gasteiger partial charge in [-0.05, 0) is 68.8 Å². The molecule has 0 saturated heterocycles. The molecule has 0 unspecified atom stereocenters. The SMILES string of the molecule is CCOc1ccc(NC(=O)C(C#N)=Cc2ccc(N(CC)CC)cc2)cc1. The fourth-order valence-electron chi connectivity index (χ4n) is 2.68. The van der Waals surface area contributed by atoms with Crippen LogP contribution in [0, 0.1) is 11.3 Å². The summed E-state index contributed by atoms with van der Waals surface area (Å²) in [5.74, 6) is 0.300. The maximum atomic E-state index is 12.4. The van der Waals surface area contributed by atoms with Crippen molar-refractivity contribution < 1.29 is 9.53 Å². The standard InChI is InChI=1S/C22H25N3O2/c1-4-25(5-2)20-11-7-17(8-12-20)15-18(16-23)22(26)24-19-9-13-21(14-10-19)27-6-3/h7-15H,4-6H2,1-3H3,(H,24,26). The number of nitriles is 1. The summed E-state index contributed by atoms with van der Waals surface area (Å²) in [6.45, 7) is 8.57. The number of carbonyl (C=O) groups is 1. The topological polar surface area (TPSA) is 65.4 Å². The number of hydrogen-bond donors (Lipinski definition) is 1. The molecule has 0 aromatic heterocycles. The Balaban J connectivity index is 2.10. The lowest BCUT2D eigenvalue weighted by atomic mass is 10.1. The minimum atomic E-state index is -0.436. The molecule has 0 aliphatic heterocycles. The molecule has 0 heterocycles. The predicted molar refractivity (Wildman–Crippen MR) is 110 cm³/mol. The number of hydrogen-bond acceptors (Lipinski definition) is 4. The van der Waals surface area contributed by atoms with Gasteiger partial charge in [-0.15, -0.1) is 0 Å². The largest absolute Gasteiger partial charge is 0.494 e. The van der Waals surface area contributed by atoms with E-state index in [1.807, 2.05) is 37.3 Å². The predicted octanol–water partition coefficient (Wildman–Crippen LogP) is 4.48. The third-order valence-corrected chi connectivity index (χ3v) is 4.12. The van der Waals surface area contributed by atoms with Gasteiger partial charge in [0.1, 0.15) is 17.4 Å². The Hall–Kier alpha value is -3.26. The smallest absolute Gasteiger partial charge is 0.266 e. The van der Waals surface area contributed by atoms with Gasteiger partial charge < -0.3 is 15.0 Å². The Labute approximate surface area is 160 Å². The summed E-state index contributed by atoms with van der Waals surface area (Å²) in [6.07, 6.45) is 1.59. The minimum Gasteiger partial charge on any atom is -0.494 e. The van der Waals surface area contributed by atoms with Crippen molar-refractivity contribution in [2.75, 3.05) is 29.9 Å². The lowest BCUT2D eigenvalue weighted by Crippen LogP contribution is -2.21. The van der Waals surface area contributed by atoms with Gasteiger partial charge in [0, 0.05) is 24.5 Å². The molecule has 27 heavy (non-hydrogen) atoms. The van der Waals surface area contributed by atoms with Gasteiger partial charge >= 0.3 is 0 Å². The highest BCUT2D eigenvalue weighted by Gasteiger charge is 2.10. The highest BCUT2D eigenvalue weighted by atomic mass is 16.5. The first-order valence-electron chi connectivity index (χ1n) is 9.12. The molecule has 2 aromatic carbocycles. The van der Waals surface area contributed by atoms with Gasteiger partial charge in [-0.1, -0.05) is 12.1 Å². The van der Waals surface area contributed by atoms with Crippen molar-refractivity contribution in [3.8, 4) is 11.8 Å². The summed E-state index contributed by atoms with van der Waals surface area (Å²) >= 11 is 0. The number of ether oxygens (including phenoxy) is 1. The summed E-state index contributed by atoms with van der Waals surface area (Å²) in [4.78, 5) is 14.6. The van der Waals surface area contributed by atoms with E-state index in [4.69, 9.17) is 4.74 Å². The summed E-state index contributed by atoms with van der Waals surface area (Å²) in [5.41, 5.74) is 2.60. The molecule has 2 rings (SSSR count). The van der Waals surface area contributed by atoms with E-state index in [1.165, 1.54) is 0 Å². The number of amides is 1. The maximum absolute atomic E-state index is 12.4. The molecule has 140 valence electrons. The van der Waals surface area contributed by atoms with Crippen molar-refractivity contribution in [1.29, 1.82) is 5.26 Å². The van der Waals surface area contributed by atoms with E-state index >= 15 is 0 Å². The molecule has 0 radical (unpaired) electrons. The van der Waals surface area contributed by atoms with E-state index in [9.17, 15) is 10.1 Å². The van der Waals surface area contributed by atoms with Gasteiger partial charge in [0.2, 0.25) is 0 Å². The first-order chi connectivity index (χ1) is 13.1. The summed E-state index contributed by atoms with van der Waals surface area (Å²) < 4.78 is 5.38. The second kappa shape index (κ2) is 10.0. The van der Waals surface area contributed by atoms with Crippen LogP contribution in [0.3, 0.4) is 0 Å². The maximum Gasteiger partial charge on any atom is 0.266 e. The van der Waals surface area contributed by atoms with E-state index in [0.29, 0.717) is 12.3 Å². The Bertz CT molecular complexity index is 814. The molecule has 5 heteroatoms. The Morgan fingerprint density at radius 2 is 1.70 bits per heavy atom. The Morgan fingerprint density at radius 3 is 2.22 bits per heavy atom. The van der Waals surface area contributed by atoms with E-state index in [1.54, 1.807) is 30.3 Å². The number of nitrogens with zero attached hydrogens (tertiary/aromatic N) is 2. The van der Waals surface area contributed by atoms with Crippen molar-refractivity contribution in [2.45, 2.75) is 20.8 Å². The fraction of sp³-hybridized carbons (Fsp3) is 0.273. The third-order valence-electron chi connectivity index (χ3n) is 4.12. The third kappa shape index (κ3) is 5.61. The van der Waals surface area contributed by atoms with Gasteiger partial charge in [-0.25, -0.2) is 0 Å². The number of nitrogens with one attached hydrogen (secondary N) is 1. The molecule has 1 amide bonds. The van der Waals surface area contributed by atoms with Crippen LogP contribution in [0.4, 0.5) is 11.4 Å². The molecule has 0 atom stereocenters. The number of benzene rings is 2. The molecule has 2 aromatic rings. The molecule has 0 bridgehead atoms. The molecule has 0 saturated carbocycles. The van der Waals surface area contributed by atoms with Crippen LogP contribution in [-0.4, -0.2) is 25.6 Å². The van der Waals surface area contributed by atoms with Gasteiger partial charge in [0.05, 0.1) is 6.61 Å². The lowest BCUT2D eigenvalue weighted by Gasteiger charge is -2.20. The number of carbonyl (C=O) groups excluding carboxylic acids is 1. The number of rotatable bonds is 8. The van der Waals surface area contributed by atoms with Crippen LogP contribution in [0.25, 0.3) is 6.08 Å². The van der Waals surface area contributed by atoms with Crippen molar-refractivity contribution in [3.63, 3.8) is 0 Å². The zero-order chi connectivity index (χ0) is 19.6. The second-order valence-electron chi connectivity index (χ2n) is 5.85. The summed E-state index contributed by atoms with van der Waals surface area (Å²) in [6, 6.07) is 16.8. The highest BCUT2D eigenvalue weighted by Crippen LogP contribution is 2.18. The normalized spacial score (nSPS) is 10.8. The zero-order valence-corrected chi connectivity index (χ0v) is 16.0. The van der Waals surface area contributed by atoms with Crippen molar-refractivity contribution >= 4 is 23.4 Å². The second-order valence-corrected chi connectivity index (χ2v) is 5.85. The first-order valence-corrected chi connectivity index (χ1v) is 9.12. The van der Waals surface area contributed by atoms with Gasteiger partial charge in [-0.2, -0.15) is 5.26 Å². The number of anilines is 2. The van der Waals surface area contributed by atoms with Crippen molar-refractivity contribution in [2.24, 2.45) is 0 Å². The molecule has 1 N–H and O–H groups in total. The summed E-state index contributed by atoms with van der Waals surface area (Å²) in [5, 5.41) is 12.1. The van der Waals surface area contributed by atoms with Gasteiger partial charge in [0.15, 0.2) is 0 Å². The molecule has 0 fully saturated rings. The van der Waals surface area contributed by atoms with E-state index in [-0.39, 0.29) is 5.57 Å². The average Bonchev–Trinajstić information content (AvgIpc) is 2.69. The van der Waals surface area contributed by atoms with Crippen LogP contribution in [0.2, 0.25) is 0 Å². The summed E-state index contributed by atoms with van der Waals surface area (Å²) in [7, 11) is 0. The van der Waals surface area contributed by atoms with Crippen molar-refractivity contribution in [3.05, 3.63) is 59.7 Å². The molecular formula is C22H25N3O2. The van der Waals surface area contributed by atoms with Crippen LogP contribution in [0.1, 0.15) is 26.3 Å². The van der Waals surface area contributed by atoms with E-state index in [2.05, 4.69) is 24.1 Å². The van der Waals surface area contributed by atoms with Crippen molar-refractivity contribution in [1.82, 2.24) is 0 Å². The fourth-order valence-corrected chi connectivity index (χ4v) is 2.68. The average molecular weight is 363 g/mol. The zero-order valence-electron chi connectivity index (χ0n) is 16.0.